The molecule has 3 fully saturated rings. The van der Waals surface area contributed by atoms with Gasteiger partial charge in [-0.15, -0.1) is 6.58 Å². The monoisotopic (exact) mass is 789 g/mol. The van der Waals surface area contributed by atoms with Gasteiger partial charge in [-0.2, -0.15) is 0 Å². The molecule has 14 atom stereocenters. The fourth-order valence-corrected chi connectivity index (χ4v) is 9.26. The molecule has 0 radical (unpaired) electrons. The van der Waals surface area contributed by atoms with Gasteiger partial charge in [0, 0.05) is 52.0 Å². The van der Waals surface area contributed by atoms with E-state index < -0.39 is 83.9 Å². The number of aliphatic hydroxyl groups is 3. The van der Waals surface area contributed by atoms with Gasteiger partial charge in [0.25, 0.3) is 11.7 Å². The van der Waals surface area contributed by atoms with Gasteiger partial charge in [0.15, 0.2) is 0 Å². The van der Waals surface area contributed by atoms with Crippen molar-refractivity contribution in [2.45, 2.75) is 153 Å². The Kier molecular flexibility index (Phi) is 16.6. The summed E-state index contributed by atoms with van der Waals surface area (Å²) in [6, 6.07) is -1.13. The summed E-state index contributed by atoms with van der Waals surface area (Å²) in [7, 11) is 4.60. The third kappa shape index (κ3) is 10.6. The maximum absolute atomic E-state index is 14.2. The number of ketones is 2. The number of esters is 1. The van der Waals surface area contributed by atoms with E-state index in [-0.39, 0.29) is 49.5 Å². The second-order valence-corrected chi connectivity index (χ2v) is 16.9. The zero-order chi connectivity index (χ0) is 41.5. The minimum absolute atomic E-state index is 0.00899. The molecule has 4 rings (SSSR count). The van der Waals surface area contributed by atoms with Crippen LogP contribution in [0.25, 0.3) is 0 Å². The van der Waals surface area contributed by atoms with Gasteiger partial charge in [-0.05, 0) is 89.0 Å². The minimum atomic E-state index is -2.51. The first-order chi connectivity index (χ1) is 26.5. The van der Waals surface area contributed by atoms with E-state index >= 15 is 0 Å². The first-order valence-electron chi connectivity index (χ1n) is 20.4. The molecule has 0 unspecified atom stereocenters. The molecular formula is C43H67NO12. The number of cyclic esters (lactones) is 1. The van der Waals surface area contributed by atoms with Crippen LogP contribution in [0, 0.1) is 29.6 Å². The van der Waals surface area contributed by atoms with E-state index in [0.717, 1.165) is 10.5 Å². The molecule has 2 bridgehead atoms. The number of hydrogen-bond acceptors (Lipinski definition) is 12. The van der Waals surface area contributed by atoms with Gasteiger partial charge in [0.05, 0.1) is 30.5 Å². The van der Waals surface area contributed by atoms with Gasteiger partial charge in [0.1, 0.15) is 24.0 Å². The maximum atomic E-state index is 14.2. The number of carbonyl (C=O) groups excluding carboxylic acids is 4. The van der Waals surface area contributed by atoms with Crippen LogP contribution in [-0.2, 0) is 42.9 Å². The first-order valence-corrected chi connectivity index (χ1v) is 20.4. The maximum Gasteiger partial charge on any atom is 0.329 e. The van der Waals surface area contributed by atoms with Gasteiger partial charge in [-0.3, -0.25) is 14.4 Å². The highest BCUT2D eigenvalue weighted by Crippen LogP contribution is 2.39. The second-order valence-electron chi connectivity index (χ2n) is 16.9. The molecule has 3 aliphatic heterocycles. The fraction of sp³-hybridized carbons (Fsp3) is 0.767. The van der Waals surface area contributed by atoms with E-state index in [1.54, 1.807) is 34.0 Å². The number of hydrogen-bond donors (Lipinski definition) is 3. The Morgan fingerprint density at radius 3 is 2.25 bits per heavy atom. The third-order valence-electron chi connectivity index (χ3n) is 12.6. The molecule has 1 aliphatic carbocycles. The fourth-order valence-electron chi connectivity index (χ4n) is 9.26. The Hall–Kier alpha value is -2.78. The summed E-state index contributed by atoms with van der Waals surface area (Å²) in [6.07, 6.45) is 4.23. The highest BCUT2D eigenvalue weighted by atomic mass is 16.7. The lowest BCUT2D eigenvalue weighted by Crippen LogP contribution is -2.63. The second kappa shape index (κ2) is 20.3. The number of methoxy groups -OCH3 is 3. The summed E-state index contributed by atoms with van der Waals surface area (Å²) in [5.41, 5.74) is 1.61. The smallest absolute Gasteiger partial charge is 0.329 e. The van der Waals surface area contributed by atoms with Crippen LogP contribution in [0.2, 0.25) is 0 Å². The average Bonchev–Trinajstić information content (AvgIpc) is 3.66. The van der Waals surface area contributed by atoms with E-state index in [4.69, 9.17) is 23.7 Å². The van der Waals surface area contributed by atoms with Crippen molar-refractivity contribution in [3.8, 4) is 0 Å². The Morgan fingerprint density at radius 2 is 1.61 bits per heavy atom. The predicted molar refractivity (Wildman–Crippen MR) is 208 cm³/mol. The number of fused-ring (bicyclic) bond motifs is 3. The Labute approximate surface area is 332 Å². The molecule has 0 spiro atoms. The Bertz CT molecular complexity index is 1460. The molecule has 1 saturated carbocycles. The molecule has 1 amide bonds. The third-order valence-corrected chi connectivity index (χ3v) is 12.6. The van der Waals surface area contributed by atoms with Gasteiger partial charge < -0.3 is 43.9 Å². The Morgan fingerprint density at radius 1 is 0.946 bits per heavy atom. The number of allylic oxidation sites excluding steroid dienone is 4. The zero-order valence-corrected chi connectivity index (χ0v) is 34.7. The summed E-state index contributed by atoms with van der Waals surface area (Å²) in [6.45, 7) is 13.1. The van der Waals surface area contributed by atoms with Crippen molar-refractivity contribution in [2.75, 3.05) is 27.9 Å². The quantitative estimate of drug-likeness (QED) is 0.190. The highest BCUT2D eigenvalue weighted by molar-refractivity contribution is 6.39. The van der Waals surface area contributed by atoms with E-state index in [9.17, 15) is 34.5 Å². The lowest BCUT2D eigenvalue weighted by molar-refractivity contribution is -0.302. The molecule has 13 heteroatoms. The number of Topliss-reactive ketones (excluding diaryl/α,β-unsaturated/α-hetero) is 2. The van der Waals surface area contributed by atoms with Crippen molar-refractivity contribution in [1.29, 1.82) is 0 Å². The van der Waals surface area contributed by atoms with Crippen LogP contribution in [-0.4, -0.2) is 126 Å². The van der Waals surface area contributed by atoms with Gasteiger partial charge in [0.2, 0.25) is 5.79 Å². The van der Waals surface area contributed by atoms with Crippen molar-refractivity contribution in [2.24, 2.45) is 29.6 Å². The number of nitrogens with zero attached hydrogens (tertiary/aromatic N) is 1. The zero-order valence-electron chi connectivity index (χ0n) is 34.7. The number of ether oxygens (including phenoxy) is 5. The molecule has 2 saturated heterocycles. The standard InChI is InChI=1S/C43H67NO12/c1-10-12-30-18-24(2)17-25(3)19-36(53-8)39-37(54-9)21-27(5)43(51,56-39)40(48)41(49)44-16-11-13-31(44)42(50)55-38(28(6)33(46)23-34(30)47)26(4)20-29-14-15-32(45)35(22-29)52-7/h10,18,20,25,27-33,35-39,45-46,51H,1,11-17,19,21-23H2,2-9H3/b24-18-,26-20+/t25-,27-,28+,29-,30-,31-,32-,33-,35-,36-,37+,38-,39+,43+/m1/s1. The summed E-state index contributed by atoms with van der Waals surface area (Å²) in [5.74, 6) is -7.76. The number of carbonyl (C=O) groups is 4. The SMILES string of the molecule is C=CC[C@@H]1/C=C(/C)C[C@@H](C)C[C@@H](OC)[C@@H]2O[C@](O)(C(=O)C(=O)N3CCC[C@@H]3C(=O)O[C@H](/C(C)=C/[C@H]3CC[C@@H](O)[C@H](OC)C3)[C@@H](C)[C@H](O)CC1=O)[C@H](C)C[C@@H]2OC. The van der Waals surface area contributed by atoms with Gasteiger partial charge in [-0.25, -0.2) is 4.79 Å². The molecule has 316 valence electrons. The molecule has 3 heterocycles. The van der Waals surface area contributed by atoms with E-state index in [1.807, 2.05) is 26.0 Å². The minimum Gasteiger partial charge on any atom is -0.456 e. The van der Waals surface area contributed by atoms with Crippen molar-refractivity contribution >= 4 is 23.4 Å². The van der Waals surface area contributed by atoms with Crippen LogP contribution in [0.5, 0.6) is 0 Å². The Balaban J connectivity index is 1.76. The van der Waals surface area contributed by atoms with Crippen LogP contribution in [0.15, 0.2) is 36.0 Å². The highest BCUT2D eigenvalue weighted by Gasteiger charge is 2.57. The van der Waals surface area contributed by atoms with Crippen LogP contribution < -0.4 is 0 Å². The molecule has 56 heavy (non-hydrogen) atoms. The van der Waals surface area contributed by atoms with E-state index in [0.29, 0.717) is 50.5 Å². The topological polar surface area (TPSA) is 178 Å². The van der Waals surface area contributed by atoms with Crippen molar-refractivity contribution in [3.63, 3.8) is 0 Å². The number of aliphatic hydroxyl groups excluding tert-OH is 2. The largest absolute Gasteiger partial charge is 0.456 e. The first kappa shape index (κ1) is 45.9. The van der Waals surface area contributed by atoms with Crippen molar-refractivity contribution < 1.29 is 58.2 Å². The predicted octanol–water partition coefficient (Wildman–Crippen LogP) is 4.25. The molecule has 0 aromatic rings. The molecule has 3 N–H and O–H groups in total. The molecule has 13 nitrogen and oxygen atoms in total. The number of amides is 1. The lowest BCUT2D eigenvalue weighted by Gasteiger charge is -2.46. The van der Waals surface area contributed by atoms with Gasteiger partial charge >= 0.3 is 5.97 Å². The van der Waals surface area contributed by atoms with Crippen LogP contribution in [0.1, 0.15) is 98.8 Å². The van der Waals surface area contributed by atoms with Crippen LogP contribution in [0.4, 0.5) is 0 Å². The number of rotatable bonds is 7. The van der Waals surface area contributed by atoms with Crippen LogP contribution in [0.3, 0.4) is 0 Å². The lowest BCUT2D eigenvalue weighted by atomic mass is 9.81. The summed E-state index contributed by atoms with van der Waals surface area (Å²) in [5, 5.41) is 34.0. The van der Waals surface area contributed by atoms with E-state index in [1.165, 1.54) is 14.2 Å². The normalized spacial score (nSPS) is 41.3. The summed E-state index contributed by atoms with van der Waals surface area (Å²) < 4.78 is 29.6. The van der Waals surface area contributed by atoms with E-state index in [2.05, 4.69) is 6.58 Å². The summed E-state index contributed by atoms with van der Waals surface area (Å²) >= 11 is 0. The average molecular weight is 790 g/mol. The van der Waals surface area contributed by atoms with Crippen molar-refractivity contribution in [3.05, 3.63) is 36.0 Å². The summed E-state index contributed by atoms with van der Waals surface area (Å²) in [4.78, 5) is 57.3. The molecule has 4 aliphatic rings. The van der Waals surface area contributed by atoms with Crippen molar-refractivity contribution in [1.82, 2.24) is 4.90 Å². The van der Waals surface area contributed by atoms with Gasteiger partial charge in [-0.1, -0.05) is 44.6 Å². The van der Waals surface area contributed by atoms with Crippen LogP contribution >= 0.6 is 0 Å². The molecule has 0 aromatic heterocycles. The molecule has 0 aromatic carbocycles. The molecular weight excluding hydrogens is 722 g/mol.